The van der Waals surface area contributed by atoms with Gasteiger partial charge in [-0.15, -0.1) is 0 Å². The van der Waals surface area contributed by atoms with E-state index in [2.05, 4.69) is 20.3 Å². The number of rotatable bonds is 6. The van der Waals surface area contributed by atoms with Crippen LogP contribution in [0.25, 0.3) is 0 Å². The number of hydrogen-bond acceptors (Lipinski definition) is 8. The van der Waals surface area contributed by atoms with Gasteiger partial charge in [0.05, 0.1) is 11.0 Å². The second-order valence-corrected chi connectivity index (χ2v) is 5.23. The lowest BCUT2D eigenvalue weighted by Gasteiger charge is -2.09. The molecule has 0 atom stereocenters. The molecule has 3 rings (SSSR count). The maximum Gasteiger partial charge on any atom is 0.272 e. The van der Waals surface area contributed by atoms with E-state index in [1.54, 1.807) is 0 Å². The first-order valence-electron chi connectivity index (χ1n) is 7.50. The van der Waals surface area contributed by atoms with Crippen LogP contribution in [0.2, 0.25) is 0 Å². The van der Waals surface area contributed by atoms with Crippen molar-refractivity contribution in [3.63, 3.8) is 0 Å². The molecule has 3 N–H and O–H groups in total. The summed E-state index contributed by atoms with van der Waals surface area (Å²) >= 11 is 0. The Morgan fingerprint density at radius 2 is 1.85 bits per heavy atom. The molecule has 0 amide bonds. The second kappa shape index (κ2) is 7.56. The van der Waals surface area contributed by atoms with Crippen molar-refractivity contribution in [3.05, 3.63) is 70.0 Å². The second-order valence-electron chi connectivity index (χ2n) is 5.23. The van der Waals surface area contributed by atoms with E-state index in [1.807, 2.05) is 0 Å². The van der Waals surface area contributed by atoms with E-state index < -0.39 is 22.2 Å². The van der Waals surface area contributed by atoms with Crippen LogP contribution in [0.15, 0.2) is 42.5 Å². The van der Waals surface area contributed by atoms with Crippen molar-refractivity contribution >= 4 is 23.3 Å². The van der Waals surface area contributed by atoms with Crippen LogP contribution in [0.5, 0.6) is 5.75 Å². The van der Waals surface area contributed by atoms with Crippen molar-refractivity contribution < 1.29 is 18.4 Å². The van der Waals surface area contributed by atoms with Crippen molar-refractivity contribution in [1.29, 1.82) is 0 Å². The minimum absolute atomic E-state index is 0.0943. The summed E-state index contributed by atoms with van der Waals surface area (Å²) in [5.74, 6) is -1.39. The van der Waals surface area contributed by atoms with Crippen LogP contribution in [-0.2, 0) is 6.61 Å². The minimum Gasteiger partial charge on any atom is -0.483 e. The molecule has 0 unspecified atom stereocenters. The third-order valence-electron chi connectivity index (χ3n) is 3.28. The number of anilines is 3. The van der Waals surface area contributed by atoms with Gasteiger partial charge >= 0.3 is 0 Å². The first kappa shape index (κ1) is 17.9. The maximum absolute atomic E-state index is 13.8. The Morgan fingerprint density at radius 3 is 2.52 bits per heavy atom. The molecule has 0 bridgehead atoms. The van der Waals surface area contributed by atoms with Crippen molar-refractivity contribution in [2.45, 2.75) is 6.61 Å². The molecule has 138 valence electrons. The van der Waals surface area contributed by atoms with Crippen LogP contribution in [0.3, 0.4) is 0 Å². The lowest BCUT2D eigenvalue weighted by molar-refractivity contribution is -0.385. The highest BCUT2D eigenvalue weighted by Gasteiger charge is 2.13. The minimum atomic E-state index is -0.893. The topological polar surface area (TPSA) is 129 Å². The molecule has 2 aromatic carbocycles. The molecule has 1 aromatic heterocycles. The summed E-state index contributed by atoms with van der Waals surface area (Å²) in [6.45, 7) is -0.250. The number of nitro benzene ring substituents is 1. The van der Waals surface area contributed by atoms with E-state index in [9.17, 15) is 18.9 Å². The van der Waals surface area contributed by atoms with Gasteiger partial charge in [-0.1, -0.05) is 0 Å². The number of aromatic nitrogens is 3. The molecule has 1 heterocycles. The Labute approximate surface area is 151 Å². The van der Waals surface area contributed by atoms with Gasteiger partial charge in [-0.2, -0.15) is 15.0 Å². The van der Waals surface area contributed by atoms with E-state index in [0.29, 0.717) is 5.69 Å². The van der Waals surface area contributed by atoms with Crippen LogP contribution < -0.4 is 15.8 Å². The highest BCUT2D eigenvalue weighted by Crippen LogP contribution is 2.23. The lowest BCUT2D eigenvalue weighted by atomic mass is 10.3. The van der Waals surface area contributed by atoms with Gasteiger partial charge in [-0.05, 0) is 30.3 Å². The van der Waals surface area contributed by atoms with Gasteiger partial charge in [0.2, 0.25) is 11.9 Å². The van der Waals surface area contributed by atoms with Gasteiger partial charge in [0, 0.05) is 11.8 Å². The van der Waals surface area contributed by atoms with Gasteiger partial charge in [-0.3, -0.25) is 10.1 Å². The molecular formula is C16H12F2N6O3. The Kier molecular flexibility index (Phi) is 5.01. The number of nitrogens with two attached hydrogens (primary N) is 1. The maximum atomic E-state index is 13.8. The zero-order valence-electron chi connectivity index (χ0n) is 13.6. The van der Waals surface area contributed by atoms with Crippen molar-refractivity contribution in [2.24, 2.45) is 0 Å². The Balaban J connectivity index is 1.73. The first-order valence-corrected chi connectivity index (χ1v) is 7.50. The number of halogens is 2. The first-order chi connectivity index (χ1) is 12.9. The van der Waals surface area contributed by atoms with Crippen LogP contribution in [0.4, 0.5) is 32.1 Å². The molecule has 0 aliphatic heterocycles. The summed E-state index contributed by atoms with van der Waals surface area (Å²) in [6.07, 6.45) is 0. The molecule has 11 heteroatoms. The fraction of sp³-hybridized carbons (Fsp3) is 0.0625. The van der Waals surface area contributed by atoms with E-state index in [-0.39, 0.29) is 30.1 Å². The Morgan fingerprint density at radius 1 is 1.11 bits per heavy atom. The highest BCUT2D eigenvalue weighted by molar-refractivity contribution is 5.53. The molecular weight excluding hydrogens is 362 g/mol. The Hall–Kier alpha value is -3.89. The smallest absolute Gasteiger partial charge is 0.272 e. The van der Waals surface area contributed by atoms with E-state index >= 15 is 0 Å². The van der Waals surface area contributed by atoms with Crippen LogP contribution >= 0.6 is 0 Å². The van der Waals surface area contributed by atoms with E-state index in [4.69, 9.17) is 10.5 Å². The fourth-order valence-electron chi connectivity index (χ4n) is 2.08. The van der Waals surface area contributed by atoms with Gasteiger partial charge < -0.3 is 15.8 Å². The van der Waals surface area contributed by atoms with Gasteiger partial charge in [0.15, 0.2) is 17.4 Å². The summed E-state index contributed by atoms with van der Waals surface area (Å²) in [5.41, 5.74) is 5.75. The molecule has 0 saturated heterocycles. The number of ether oxygens (including phenoxy) is 1. The standard InChI is InChI=1S/C16H12F2N6O3/c17-9-1-3-10(4-2-9)20-16-22-14(21-15(19)23-16)8-27-13-6-5-11(24(25)26)7-12(13)18/h1-7H,8H2,(H3,19,20,21,22,23). The average molecular weight is 374 g/mol. The van der Waals surface area contributed by atoms with Crippen molar-refractivity contribution in [2.75, 3.05) is 11.1 Å². The number of non-ortho nitro benzene ring substituents is 1. The molecule has 9 nitrogen and oxygen atoms in total. The van der Waals surface area contributed by atoms with Crippen LogP contribution in [0, 0.1) is 21.7 Å². The number of nitrogens with one attached hydrogen (secondary N) is 1. The predicted molar refractivity (Wildman–Crippen MR) is 91.3 cm³/mol. The summed E-state index contributed by atoms with van der Waals surface area (Å²) in [6, 6.07) is 8.48. The van der Waals surface area contributed by atoms with Gasteiger partial charge in [0.1, 0.15) is 12.4 Å². The average Bonchev–Trinajstić information content (AvgIpc) is 2.62. The van der Waals surface area contributed by atoms with Crippen LogP contribution in [-0.4, -0.2) is 19.9 Å². The number of benzene rings is 2. The SMILES string of the molecule is Nc1nc(COc2ccc([N+](=O)[O-])cc2F)nc(Nc2ccc(F)cc2)n1. The normalized spacial score (nSPS) is 10.4. The summed E-state index contributed by atoms with van der Waals surface area (Å²) in [4.78, 5) is 21.8. The summed E-state index contributed by atoms with van der Waals surface area (Å²) in [5, 5.41) is 13.4. The predicted octanol–water partition coefficient (Wildman–Crippen LogP) is 2.96. The zero-order valence-corrected chi connectivity index (χ0v) is 13.6. The van der Waals surface area contributed by atoms with Crippen molar-refractivity contribution in [1.82, 2.24) is 15.0 Å². The number of nitrogens with zero attached hydrogens (tertiary/aromatic N) is 4. The van der Waals surface area contributed by atoms with Gasteiger partial charge in [-0.25, -0.2) is 8.78 Å². The molecule has 3 aromatic rings. The quantitative estimate of drug-likeness (QED) is 0.498. The highest BCUT2D eigenvalue weighted by atomic mass is 19.1. The molecule has 27 heavy (non-hydrogen) atoms. The molecule has 0 saturated carbocycles. The third kappa shape index (κ3) is 4.60. The number of hydrogen-bond donors (Lipinski definition) is 2. The molecule has 0 aliphatic rings. The zero-order chi connectivity index (χ0) is 19.4. The summed E-state index contributed by atoms with van der Waals surface area (Å²) < 4.78 is 32.0. The fourth-order valence-corrected chi connectivity index (χ4v) is 2.08. The molecule has 0 aliphatic carbocycles. The monoisotopic (exact) mass is 374 g/mol. The summed E-state index contributed by atoms with van der Waals surface area (Å²) in [7, 11) is 0. The molecule has 0 radical (unpaired) electrons. The number of nitro groups is 1. The van der Waals surface area contributed by atoms with E-state index in [0.717, 1.165) is 18.2 Å². The van der Waals surface area contributed by atoms with Crippen molar-refractivity contribution in [3.8, 4) is 5.75 Å². The Bertz CT molecular complexity index is 984. The third-order valence-corrected chi connectivity index (χ3v) is 3.28. The molecule has 0 fully saturated rings. The van der Waals surface area contributed by atoms with Crippen LogP contribution in [0.1, 0.15) is 5.82 Å². The largest absolute Gasteiger partial charge is 0.483 e. The number of nitrogen functional groups attached to an aromatic ring is 1. The molecule has 0 spiro atoms. The van der Waals surface area contributed by atoms with E-state index in [1.165, 1.54) is 24.3 Å². The van der Waals surface area contributed by atoms with Gasteiger partial charge in [0.25, 0.3) is 5.69 Å². The lowest BCUT2D eigenvalue weighted by Crippen LogP contribution is -2.09.